The van der Waals surface area contributed by atoms with Gasteiger partial charge in [-0.3, -0.25) is 9.89 Å². The molecule has 1 aliphatic rings. The van der Waals surface area contributed by atoms with Crippen LogP contribution in [0.25, 0.3) is 11.3 Å². The molecule has 3 aromatic carbocycles. The number of aryl methyl sites for hydroxylation is 2. The number of hydrogen-bond acceptors (Lipinski definition) is 4. The van der Waals surface area contributed by atoms with E-state index >= 15 is 0 Å². The standard InChI is InChI=1S/C27H24ClN3O2S/c1-15-4-6-17(7-5-15)14-31-26(18-8-10-19(34-3)11-9-18)23-24(29-30-25(23)27(31)33)20-13-21(28)16(2)12-22(20)32/h4-13,26,32H,14H2,1-3H3,(H,29,30). The lowest BCUT2D eigenvalue weighted by Gasteiger charge is -2.27. The molecule has 1 unspecified atom stereocenters. The van der Waals surface area contributed by atoms with E-state index < -0.39 is 0 Å². The number of benzene rings is 3. The summed E-state index contributed by atoms with van der Waals surface area (Å²) in [6.45, 7) is 4.34. The van der Waals surface area contributed by atoms with E-state index in [-0.39, 0.29) is 17.7 Å². The Hall–Kier alpha value is -3.22. The molecule has 1 amide bonds. The first kappa shape index (κ1) is 22.6. The minimum absolute atomic E-state index is 0.0807. The lowest BCUT2D eigenvalue weighted by atomic mass is 9.95. The number of fused-ring (bicyclic) bond motifs is 1. The number of carbonyl (C=O) groups is 1. The average molecular weight is 490 g/mol. The second kappa shape index (κ2) is 8.85. The van der Waals surface area contributed by atoms with Gasteiger partial charge in [0, 0.05) is 27.6 Å². The van der Waals surface area contributed by atoms with Gasteiger partial charge in [-0.15, -0.1) is 11.8 Å². The second-order valence-electron chi connectivity index (χ2n) is 8.57. The molecule has 2 heterocycles. The highest BCUT2D eigenvalue weighted by Gasteiger charge is 2.42. The Morgan fingerprint density at radius 3 is 2.47 bits per heavy atom. The summed E-state index contributed by atoms with van der Waals surface area (Å²) in [6, 6.07) is 19.4. The van der Waals surface area contributed by atoms with Gasteiger partial charge in [-0.1, -0.05) is 53.6 Å². The number of phenols is 1. The molecular weight excluding hydrogens is 466 g/mol. The number of nitrogens with one attached hydrogen (secondary N) is 1. The van der Waals surface area contributed by atoms with E-state index in [9.17, 15) is 9.90 Å². The monoisotopic (exact) mass is 489 g/mol. The highest BCUT2D eigenvalue weighted by molar-refractivity contribution is 7.98. The van der Waals surface area contributed by atoms with Gasteiger partial charge in [-0.05, 0) is 61.1 Å². The normalized spacial score (nSPS) is 15.1. The summed E-state index contributed by atoms with van der Waals surface area (Å²) in [5.74, 6) is -0.0388. The van der Waals surface area contributed by atoms with Crippen LogP contribution in [0.3, 0.4) is 0 Å². The summed E-state index contributed by atoms with van der Waals surface area (Å²) in [7, 11) is 0. The number of aromatic hydroxyl groups is 1. The molecule has 5 nitrogen and oxygen atoms in total. The van der Waals surface area contributed by atoms with Crippen molar-refractivity contribution in [3.05, 3.63) is 99.2 Å². The smallest absolute Gasteiger partial charge is 0.273 e. The second-order valence-corrected chi connectivity index (χ2v) is 9.86. The molecule has 1 atom stereocenters. The number of phenolic OH excluding ortho intramolecular Hbond substituents is 1. The van der Waals surface area contributed by atoms with Crippen LogP contribution in [0.5, 0.6) is 5.75 Å². The van der Waals surface area contributed by atoms with Crippen molar-refractivity contribution in [2.24, 2.45) is 0 Å². The number of carbonyl (C=O) groups excluding carboxylic acids is 1. The van der Waals surface area contributed by atoms with Gasteiger partial charge < -0.3 is 10.0 Å². The van der Waals surface area contributed by atoms with Gasteiger partial charge in [0.25, 0.3) is 5.91 Å². The van der Waals surface area contributed by atoms with E-state index in [4.69, 9.17) is 11.6 Å². The fourth-order valence-electron chi connectivity index (χ4n) is 4.44. The number of aromatic nitrogens is 2. The van der Waals surface area contributed by atoms with Crippen molar-refractivity contribution >= 4 is 29.3 Å². The number of hydrogen-bond donors (Lipinski definition) is 2. The number of amides is 1. The van der Waals surface area contributed by atoms with Crippen molar-refractivity contribution in [1.29, 1.82) is 0 Å². The maximum absolute atomic E-state index is 13.6. The molecule has 2 N–H and O–H groups in total. The number of H-pyrrole nitrogens is 1. The van der Waals surface area contributed by atoms with Gasteiger partial charge in [0.15, 0.2) is 0 Å². The minimum atomic E-state index is -0.354. The van der Waals surface area contributed by atoms with E-state index in [1.54, 1.807) is 23.9 Å². The molecule has 1 aromatic heterocycles. The fraction of sp³-hybridized carbons (Fsp3) is 0.185. The van der Waals surface area contributed by atoms with Gasteiger partial charge in [-0.2, -0.15) is 5.10 Å². The van der Waals surface area contributed by atoms with Crippen molar-refractivity contribution in [2.75, 3.05) is 6.26 Å². The fourth-order valence-corrected chi connectivity index (χ4v) is 5.02. The minimum Gasteiger partial charge on any atom is -0.507 e. The SMILES string of the molecule is CSc1ccc(C2c3c(-c4cc(Cl)c(C)cc4O)n[nH]c3C(=O)N2Cc2ccc(C)cc2)cc1. The van der Waals surface area contributed by atoms with Crippen LogP contribution in [0.15, 0.2) is 65.6 Å². The van der Waals surface area contributed by atoms with E-state index in [1.165, 1.54) is 5.56 Å². The van der Waals surface area contributed by atoms with Gasteiger partial charge in [0.1, 0.15) is 17.1 Å². The first-order valence-electron chi connectivity index (χ1n) is 11.0. The molecule has 4 aromatic rings. The molecule has 0 spiro atoms. The van der Waals surface area contributed by atoms with Crippen molar-refractivity contribution in [2.45, 2.75) is 31.3 Å². The number of aromatic amines is 1. The van der Waals surface area contributed by atoms with Crippen molar-refractivity contribution in [1.82, 2.24) is 15.1 Å². The quantitative estimate of drug-likeness (QED) is 0.313. The van der Waals surface area contributed by atoms with Crippen LogP contribution < -0.4 is 0 Å². The van der Waals surface area contributed by atoms with Crippen LogP contribution in [-0.2, 0) is 6.54 Å². The number of halogens is 1. The van der Waals surface area contributed by atoms with E-state index in [1.807, 2.05) is 37.1 Å². The summed E-state index contributed by atoms with van der Waals surface area (Å²) < 4.78 is 0. The lowest BCUT2D eigenvalue weighted by molar-refractivity contribution is 0.0730. The van der Waals surface area contributed by atoms with Crippen molar-refractivity contribution in [3.8, 4) is 17.0 Å². The topological polar surface area (TPSA) is 69.2 Å². The predicted octanol–water partition coefficient (Wildman–Crippen LogP) is 6.52. The zero-order chi connectivity index (χ0) is 24.0. The molecule has 0 bridgehead atoms. The number of nitrogens with zero attached hydrogens (tertiary/aromatic N) is 2. The summed E-state index contributed by atoms with van der Waals surface area (Å²) >= 11 is 8.06. The molecule has 0 saturated heterocycles. The number of thioether (sulfide) groups is 1. The third-order valence-corrected chi connectivity index (χ3v) is 7.45. The van der Waals surface area contributed by atoms with Crippen LogP contribution >= 0.6 is 23.4 Å². The van der Waals surface area contributed by atoms with E-state index in [0.29, 0.717) is 28.5 Å². The molecule has 1 aliphatic heterocycles. The van der Waals surface area contributed by atoms with Crippen LogP contribution in [0.2, 0.25) is 5.02 Å². The lowest BCUT2D eigenvalue weighted by Crippen LogP contribution is -2.29. The first-order valence-corrected chi connectivity index (χ1v) is 12.6. The predicted molar refractivity (Wildman–Crippen MR) is 137 cm³/mol. The largest absolute Gasteiger partial charge is 0.507 e. The molecular formula is C27H24ClN3O2S. The van der Waals surface area contributed by atoms with Crippen LogP contribution in [0.1, 0.15) is 44.3 Å². The Kier molecular flexibility index (Phi) is 5.88. The highest BCUT2D eigenvalue weighted by atomic mass is 35.5. The Morgan fingerprint density at radius 2 is 1.79 bits per heavy atom. The molecule has 7 heteroatoms. The number of rotatable bonds is 5. The van der Waals surface area contributed by atoms with Crippen molar-refractivity contribution < 1.29 is 9.90 Å². The zero-order valence-corrected chi connectivity index (χ0v) is 20.7. The molecule has 0 radical (unpaired) electrons. The molecule has 0 aliphatic carbocycles. The highest BCUT2D eigenvalue weighted by Crippen LogP contribution is 2.46. The zero-order valence-electron chi connectivity index (χ0n) is 19.1. The van der Waals surface area contributed by atoms with Gasteiger partial charge in [0.2, 0.25) is 0 Å². The Balaban J connectivity index is 1.66. The van der Waals surface area contributed by atoms with Gasteiger partial charge in [0.05, 0.1) is 6.04 Å². The summed E-state index contributed by atoms with van der Waals surface area (Å²) in [5, 5.41) is 18.7. The van der Waals surface area contributed by atoms with Gasteiger partial charge >= 0.3 is 0 Å². The Morgan fingerprint density at radius 1 is 1.09 bits per heavy atom. The Labute approximate surface area is 207 Å². The first-order chi connectivity index (χ1) is 16.4. The van der Waals surface area contributed by atoms with Crippen LogP contribution in [0, 0.1) is 13.8 Å². The molecule has 0 fully saturated rings. The maximum Gasteiger partial charge on any atom is 0.273 e. The summed E-state index contributed by atoms with van der Waals surface area (Å²) in [4.78, 5) is 16.6. The van der Waals surface area contributed by atoms with E-state index in [0.717, 1.165) is 27.1 Å². The maximum atomic E-state index is 13.6. The molecule has 34 heavy (non-hydrogen) atoms. The Bertz CT molecular complexity index is 1380. The summed E-state index contributed by atoms with van der Waals surface area (Å²) in [5.41, 5.74) is 6.21. The third kappa shape index (κ3) is 3.87. The third-order valence-electron chi connectivity index (χ3n) is 6.30. The molecule has 172 valence electrons. The summed E-state index contributed by atoms with van der Waals surface area (Å²) in [6.07, 6.45) is 2.04. The van der Waals surface area contributed by atoms with Crippen molar-refractivity contribution in [3.63, 3.8) is 0 Å². The van der Waals surface area contributed by atoms with Crippen LogP contribution in [-0.4, -0.2) is 32.4 Å². The molecule has 5 rings (SSSR count). The average Bonchev–Trinajstić information content (AvgIpc) is 3.37. The van der Waals surface area contributed by atoms with Crippen LogP contribution in [0.4, 0.5) is 0 Å². The van der Waals surface area contributed by atoms with Gasteiger partial charge in [-0.25, -0.2) is 0 Å². The molecule has 0 saturated carbocycles. The van der Waals surface area contributed by atoms with E-state index in [2.05, 4.69) is 46.6 Å².